The monoisotopic (exact) mass is 366 g/mol. The van der Waals surface area contributed by atoms with Gasteiger partial charge in [0, 0.05) is 18.0 Å². The van der Waals surface area contributed by atoms with Gasteiger partial charge in [0.2, 0.25) is 5.91 Å². The third-order valence-electron chi connectivity index (χ3n) is 4.19. The van der Waals surface area contributed by atoms with E-state index in [1.807, 2.05) is 43.6 Å². The molecule has 2 heterocycles. The van der Waals surface area contributed by atoms with Crippen LogP contribution in [0.25, 0.3) is 5.65 Å². The Balaban J connectivity index is 1.85. The summed E-state index contributed by atoms with van der Waals surface area (Å²) in [5, 5.41) is 7.55. The summed E-state index contributed by atoms with van der Waals surface area (Å²) in [5.74, 6) is 1.26. The summed E-state index contributed by atoms with van der Waals surface area (Å²) in [6, 6.07) is 7.49. The van der Waals surface area contributed by atoms with E-state index in [9.17, 15) is 4.79 Å². The van der Waals surface area contributed by atoms with Crippen molar-refractivity contribution in [2.45, 2.75) is 40.5 Å². The lowest BCUT2D eigenvalue weighted by molar-refractivity contribution is -0.115. The van der Waals surface area contributed by atoms with Crippen LogP contribution in [-0.4, -0.2) is 27.6 Å². The molecule has 27 heavy (non-hydrogen) atoms. The molecule has 0 spiro atoms. The van der Waals surface area contributed by atoms with E-state index in [0.717, 1.165) is 34.5 Å². The van der Waals surface area contributed by atoms with Gasteiger partial charge >= 0.3 is 0 Å². The number of benzene rings is 1. The first-order chi connectivity index (χ1) is 12.7. The maximum absolute atomic E-state index is 12.6. The Bertz CT molecular complexity index is 953. The second-order valence-corrected chi connectivity index (χ2v) is 8.04. The molecule has 1 aromatic carbocycles. The predicted molar refractivity (Wildman–Crippen MR) is 106 cm³/mol. The summed E-state index contributed by atoms with van der Waals surface area (Å²) >= 11 is 0. The Morgan fingerprint density at radius 2 is 1.93 bits per heavy atom. The van der Waals surface area contributed by atoms with E-state index in [-0.39, 0.29) is 17.7 Å². The highest BCUT2D eigenvalue weighted by molar-refractivity contribution is 5.93. The Morgan fingerprint density at radius 3 is 2.56 bits per heavy atom. The van der Waals surface area contributed by atoms with Crippen LogP contribution in [0.5, 0.6) is 5.75 Å². The first-order valence-electron chi connectivity index (χ1n) is 9.02. The van der Waals surface area contributed by atoms with Gasteiger partial charge in [0.1, 0.15) is 5.75 Å². The number of carbonyl (C=O) groups is 1. The fourth-order valence-electron chi connectivity index (χ4n) is 2.97. The van der Waals surface area contributed by atoms with E-state index in [1.165, 1.54) is 0 Å². The Hall–Kier alpha value is -2.89. The van der Waals surface area contributed by atoms with Gasteiger partial charge in [0.25, 0.3) is 0 Å². The quantitative estimate of drug-likeness (QED) is 0.745. The largest absolute Gasteiger partial charge is 0.497 e. The van der Waals surface area contributed by atoms with Crippen LogP contribution in [0.15, 0.2) is 36.7 Å². The number of ether oxygens (including phenoxy) is 1. The summed E-state index contributed by atoms with van der Waals surface area (Å²) in [6.07, 6.45) is 4.80. The zero-order chi connectivity index (χ0) is 19.6. The first-order valence-corrected chi connectivity index (χ1v) is 9.02. The number of nitrogens with one attached hydrogen (secondary N) is 1. The lowest BCUT2D eigenvalue weighted by atomic mass is 9.88. The zero-order valence-corrected chi connectivity index (χ0v) is 16.5. The third-order valence-corrected chi connectivity index (χ3v) is 4.19. The number of methoxy groups -OCH3 is 1. The highest BCUT2D eigenvalue weighted by Crippen LogP contribution is 2.28. The van der Waals surface area contributed by atoms with Gasteiger partial charge in [-0.15, -0.1) is 5.10 Å². The Morgan fingerprint density at radius 1 is 1.22 bits per heavy atom. The van der Waals surface area contributed by atoms with Crippen molar-refractivity contribution in [1.29, 1.82) is 0 Å². The van der Waals surface area contributed by atoms with Crippen LogP contribution in [0.1, 0.15) is 37.5 Å². The number of hydrogen-bond acceptors (Lipinski definition) is 4. The van der Waals surface area contributed by atoms with E-state index in [0.29, 0.717) is 5.82 Å². The normalized spacial score (nSPS) is 11.6. The first kappa shape index (κ1) is 18.9. The number of nitrogens with zero attached hydrogens (tertiary/aromatic N) is 3. The highest BCUT2D eigenvalue weighted by atomic mass is 16.5. The Kier molecular flexibility index (Phi) is 5.17. The van der Waals surface area contributed by atoms with E-state index < -0.39 is 0 Å². The molecular weight excluding hydrogens is 340 g/mol. The number of aromatic nitrogens is 3. The van der Waals surface area contributed by atoms with E-state index in [2.05, 4.69) is 36.2 Å². The molecule has 0 saturated carbocycles. The van der Waals surface area contributed by atoms with Crippen molar-refractivity contribution in [3.05, 3.63) is 53.3 Å². The van der Waals surface area contributed by atoms with Gasteiger partial charge < -0.3 is 10.1 Å². The molecule has 0 fully saturated rings. The van der Waals surface area contributed by atoms with Gasteiger partial charge in [-0.1, -0.05) is 32.9 Å². The SMILES string of the molecule is COc1ccc(CC(=O)Nc2nn3cc(C)cnc3c2CC(C)(C)C)cc1. The van der Waals surface area contributed by atoms with Crippen molar-refractivity contribution >= 4 is 17.4 Å². The number of rotatable bonds is 5. The van der Waals surface area contributed by atoms with Crippen molar-refractivity contribution in [2.75, 3.05) is 12.4 Å². The van der Waals surface area contributed by atoms with Gasteiger partial charge in [-0.25, -0.2) is 9.50 Å². The van der Waals surface area contributed by atoms with Crippen LogP contribution in [0.3, 0.4) is 0 Å². The van der Waals surface area contributed by atoms with Gasteiger partial charge in [-0.2, -0.15) is 0 Å². The number of aryl methyl sites for hydroxylation is 1. The standard InChI is InChI=1S/C21H26N4O2/c1-14-12-22-20-17(11-21(2,3)4)19(24-25(20)13-14)23-18(26)10-15-6-8-16(27-5)9-7-15/h6-9,12-13H,10-11H2,1-5H3,(H,23,24,26). The van der Waals surface area contributed by atoms with E-state index in [1.54, 1.807) is 11.6 Å². The highest BCUT2D eigenvalue weighted by Gasteiger charge is 2.22. The minimum absolute atomic E-state index is 0.0472. The molecule has 6 nitrogen and oxygen atoms in total. The van der Waals surface area contributed by atoms with E-state index in [4.69, 9.17) is 4.74 Å². The van der Waals surface area contributed by atoms with Crippen LogP contribution in [0.2, 0.25) is 0 Å². The molecule has 142 valence electrons. The van der Waals surface area contributed by atoms with Crippen molar-refractivity contribution in [3.8, 4) is 5.75 Å². The molecule has 0 bridgehead atoms. The average molecular weight is 366 g/mol. The lowest BCUT2D eigenvalue weighted by Crippen LogP contribution is -2.17. The third kappa shape index (κ3) is 4.64. The van der Waals surface area contributed by atoms with Gasteiger partial charge in [0.15, 0.2) is 11.5 Å². The van der Waals surface area contributed by atoms with Crippen LogP contribution in [0.4, 0.5) is 5.82 Å². The summed E-state index contributed by atoms with van der Waals surface area (Å²) in [7, 11) is 1.62. The molecule has 3 rings (SSSR count). The molecule has 3 aromatic rings. The molecule has 0 radical (unpaired) electrons. The number of hydrogen-bond donors (Lipinski definition) is 1. The minimum Gasteiger partial charge on any atom is -0.497 e. The minimum atomic E-state index is -0.101. The molecule has 1 N–H and O–H groups in total. The molecule has 0 aliphatic rings. The summed E-state index contributed by atoms with van der Waals surface area (Å²) < 4.78 is 6.90. The van der Waals surface area contributed by atoms with Crippen molar-refractivity contribution in [3.63, 3.8) is 0 Å². The molecule has 0 aliphatic heterocycles. The molecular formula is C21H26N4O2. The number of carbonyl (C=O) groups excluding carboxylic acids is 1. The fraction of sp³-hybridized carbons (Fsp3) is 0.381. The van der Waals surface area contributed by atoms with Crippen molar-refractivity contribution in [1.82, 2.24) is 14.6 Å². The summed E-state index contributed by atoms with van der Waals surface area (Å²) in [5.41, 5.74) is 3.73. The smallest absolute Gasteiger partial charge is 0.230 e. The van der Waals surface area contributed by atoms with Gasteiger partial charge in [-0.05, 0) is 42.0 Å². The van der Waals surface area contributed by atoms with Crippen LogP contribution in [0, 0.1) is 12.3 Å². The van der Waals surface area contributed by atoms with Gasteiger partial charge in [-0.3, -0.25) is 4.79 Å². The molecule has 0 atom stereocenters. The fourth-order valence-corrected chi connectivity index (χ4v) is 2.97. The number of anilines is 1. The molecule has 2 aromatic heterocycles. The van der Waals surface area contributed by atoms with Crippen LogP contribution < -0.4 is 10.1 Å². The molecule has 0 aliphatic carbocycles. The van der Waals surface area contributed by atoms with Crippen molar-refractivity contribution < 1.29 is 9.53 Å². The molecule has 0 saturated heterocycles. The maximum Gasteiger partial charge on any atom is 0.230 e. The molecule has 1 amide bonds. The topological polar surface area (TPSA) is 68.5 Å². The summed E-state index contributed by atoms with van der Waals surface area (Å²) in [4.78, 5) is 17.1. The predicted octanol–water partition coefficient (Wildman–Crippen LogP) is 3.82. The summed E-state index contributed by atoms with van der Waals surface area (Å²) in [6.45, 7) is 8.45. The molecule has 6 heteroatoms. The lowest BCUT2D eigenvalue weighted by Gasteiger charge is -2.18. The second-order valence-electron chi connectivity index (χ2n) is 8.04. The van der Waals surface area contributed by atoms with Crippen molar-refractivity contribution in [2.24, 2.45) is 5.41 Å². The zero-order valence-electron chi connectivity index (χ0n) is 16.5. The maximum atomic E-state index is 12.6. The van der Waals surface area contributed by atoms with Gasteiger partial charge in [0.05, 0.1) is 13.5 Å². The van der Waals surface area contributed by atoms with Crippen LogP contribution >= 0.6 is 0 Å². The second kappa shape index (κ2) is 7.39. The average Bonchev–Trinajstić information content (AvgIpc) is 2.90. The Labute approximate surface area is 159 Å². The number of amides is 1. The number of fused-ring (bicyclic) bond motifs is 1. The molecule has 0 unspecified atom stereocenters. The van der Waals surface area contributed by atoms with Crippen LogP contribution in [-0.2, 0) is 17.6 Å². The van der Waals surface area contributed by atoms with E-state index >= 15 is 0 Å².